The summed E-state index contributed by atoms with van der Waals surface area (Å²) in [6.45, 7) is 1.87. The molecule has 1 rings (SSSR count). The van der Waals surface area contributed by atoms with Gasteiger partial charge in [0, 0.05) is 13.1 Å². The molecule has 1 fully saturated rings. The second-order valence-corrected chi connectivity index (χ2v) is 3.97. The van der Waals surface area contributed by atoms with Crippen LogP contribution < -0.4 is 5.32 Å². The second kappa shape index (κ2) is 4.30. The Morgan fingerprint density at radius 3 is 2.50 bits per heavy atom. The zero-order valence-electron chi connectivity index (χ0n) is 8.49. The third kappa shape index (κ3) is 2.90. The van der Waals surface area contributed by atoms with Crippen molar-refractivity contribution in [1.29, 1.82) is 0 Å². The van der Waals surface area contributed by atoms with Gasteiger partial charge in [0.1, 0.15) is 6.54 Å². The van der Waals surface area contributed by atoms with Crippen molar-refractivity contribution in [1.82, 2.24) is 10.2 Å². The quantitative estimate of drug-likeness (QED) is 0.697. The van der Waals surface area contributed by atoms with Gasteiger partial charge < -0.3 is 15.3 Å². The van der Waals surface area contributed by atoms with E-state index in [4.69, 9.17) is 5.11 Å². The number of carboxylic acid groups (broad SMARTS) is 1. The lowest BCUT2D eigenvalue weighted by Crippen LogP contribution is -2.49. The van der Waals surface area contributed by atoms with Gasteiger partial charge in [0.25, 0.3) is 0 Å². The molecule has 0 radical (unpaired) electrons. The van der Waals surface area contributed by atoms with Crippen LogP contribution in [0.2, 0.25) is 0 Å². The first-order valence-corrected chi connectivity index (χ1v) is 4.72. The number of rotatable bonds is 3. The zero-order valence-corrected chi connectivity index (χ0v) is 8.49. The van der Waals surface area contributed by atoms with Gasteiger partial charge in [-0.15, -0.1) is 0 Å². The number of nitrogens with zero attached hydrogens (tertiary/aromatic N) is 1. The SMILES string of the molecule is CC1CC(NC(=O)N(C)CC(=O)O)C1. The van der Waals surface area contributed by atoms with Crippen molar-refractivity contribution < 1.29 is 14.7 Å². The lowest BCUT2D eigenvalue weighted by molar-refractivity contribution is -0.137. The van der Waals surface area contributed by atoms with Crippen LogP contribution in [0.25, 0.3) is 0 Å². The molecule has 2 amide bonds. The fraction of sp³-hybridized carbons (Fsp3) is 0.778. The van der Waals surface area contributed by atoms with Crippen LogP contribution in [-0.2, 0) is 4.79 Å². The van der Waals surface area contributed by atoms with Crippen LogP contribution in [0.5, 0.6) is 0 Å². The first-order valence-electron chi connectivity index (χ1n) is 4.72. The highest BCUT2D eigenvalue weighted by Crippen LogP contribution is 2.26. The number of hydrogen-bond donors (Lipinski definition) is 2. The summed E-state index contributed by atoms with van der Waals surface area (Å²) in [6, 6.07) is -0.0713. The van der Waals surface area contributed by atoms with E-state index >= 15 is 0 Å². The van der Waals surface area contributed by atoms with E-state index in [2.05, 4.69) is 12.2 Å². The Hall–Kier alpha value is -1.26. The Morgan fingerprint density at radius 1 is 1.50 bits per heavy atom. The average Bonchev–Trinajstić information content (AvgIpc) is 2.00. The molecule has 1 aliphatic rings. The summed E-state index contributed by atoms with van der Waals surface area (Å²) in [7, 11) is 1.48. The molecule has 1 aliphatic carbocycles. The van der Waals surface area contributed by atoms with Gasteiger partial charge in [-0.25, -0.2) is 4.79 Å². The van der Waals surface area contributed by atoms with E-state index in [9.17, 15) is 9.59 Å². The van der Waals surface area contributed by atoms with E-state index < -0.39 is 5.97 Å². The number of carboxylic acids is 1. The predicted molar refractivity (Wildman–Crippen MR) is 51.0 cm³/mol. The number of hydrogen-bond acceptors (Lipinski definition) is 2. The van der Waals surface area contributed by atoms with Crippen molar-refractivity contribution in [3.05, 3.63) is 0 Å². The molecule has 1 saturated carbocycles. The fourth-order valence-electron chi connectivity index (χ4n) is 1.58. The van der Waals surface area contributed by atoms with Crippen molar-refractivity contribution >= 4 is 12.0 Å². The maximum absolute atomic E-state index is 11.3. The maximum Gasteiger partial charge on any atom is 0.323 e. The third-order valence-corrected chi connectivity index (χ3v) is 2.42. The Kier molecular flexibility index (Phi) is 3.33. The minimum absolute atomic E-state index is 0.230. The summed E-state index contributed by atoms with van der Waals surface area (Å²) < 4.78 is 0. The van der Waals surface area contributed by atoms with Crippen LogP contribution in [-0.4, -0.2) is 41.6 Å². The van der Waals surface area contributed by atoms with Gasteiger partial charge in [0.2, 0.25) is 0 Å². The fourth-order valence-corrected chi connectivity index (χ4v) is 1.58. The Balaban J connectivity index is 2.24. The highest BCUT2D eigenvalue weighted by atomic mass is 16.4. The molecular weight excluding hydrogens is 184 g/mol. The van der Waals surface area contributed by atoms with E-state index in [-0.39, 0.29) is 18.6 Å². The normalized spacial score (nSPS) is 25.0. The highest BCUT2D eigenvalue weighted by molar-refractivity contribution is 5.80. The standard InChI is InChI=1S/C9H16N2O3/c1-6-3-7(4-6)10-9(14)11(2)5-8(12)13/h6-7H,3-5H2,1-2H3,(H,10,14)(H,12,13). The van der Waals surface area contributed by atoms with Gasteiger partial charge in [0.15, 0.2) is 0 Å². The molecule has 0 aromatic heterocycles. The third-order valence-electron chi connectivity index (χ3n) is 2.42. The summed E-state index contributed by atoms with van der Waals surface area (Å²) in [5, 5.41) is 11.2. The molecule has 0 aliphatic heterocycles. The molecule has 0 saturated heterocycles. The molecule has 80 valence electrons. The van der Waals surface area contributed by atoms with Gasteiger partial charge >= 0.3 is 12.0 Å². The van der Waals surface area contributed by atoms with Gasteiger partial charge in [-0.1, -0.05) is 6.92 Å². The van der Waals surface area contributed by atoms with Crippen LogP contribution in [0, 0.1) is 5.92 Å². The molecule has 5 heteroatoms. The van der Waals surface area contributed by atoms with Crippen LogP contribution >= 0.6 is 0 Å². The molecule has 0 bridgehead atoms. The Labute approximate surface area is 83.1 Å². The van der Waals surface area contributed by atoms with Crippen LogP contribution in [0.15, 0.2) is 0 Å². The lowest BCUT2D eigenvalue weighted by atomic mass is 9.82. The van der Waals surface area contributed by atoms with Crippen molar-refractivity contribution in [2.75, 3.05) is 13.6 Å². The molecular formula is C9H16N2O3. The van der Waals surface area contributed by atoms with Crippen molar-refractivity contribution in [3.8, 4) is 0 Å². The zero-order chi connectivity index (χ0) is 10.7. The van der Waals surface area contributed by atoms with E-state index in [0.717, 1.165) is 12.8 Å². The predicted octanol–water partition coefficient (Wildman–Crippen LogP) is 0.511. The van der Waals surface area contributed by atoms with Gasteiger partial charge in [0.05, 0.1) is 0 Å². The second-order valence-electron chi connectivity index (χ2n) is 3.97. The molecule has 0 spiro atoms. The van der Waals surface area contributed by atoms with E-state index in [1.807, 2.05) is 0 Å². The summed E-state index contributed by atoms with van der Waals surface area (Å²) in [6.07, 6.45) is 1.99. The monoisotopic (exact) mass is 200 g/mol. The number of carbonyl (C=O) groups is 2. The first-order chi connectivity index (χ1) is 6.49. The van der Waals surface area contributed by atoms with Crippen LogP contribution in [0.4, 0.5) is 4.79 Å². The topological polar surface area (TPSA) is 69.6 Å². The van der Waals surface area contributed by atoms with Crippen molar-refractivity contribution in [2.45, 2.75) is 25.8 Å². The minimum Gasteiger partial charge on any atom is -0.480 e. The highest BCUT2D eigenvalue weighted by Gasteiger charge is 2.27. The van der Waals surface area contributed by atoms with Gasteiger partial charge in [-0.2, -0.15) is 0 Å². The maximum atomic E-state index is 11.3. The van der Waals surface area contributed by atoms with E-state index in [1.54, 1.807) is 0 Å². The smallest absolute Gasteiger partial charge is 0.323 e. The summed E-state index contributed by atoms with van der Waals surface area (Å²) in [5.74, 6) is -0.324. The largest absolute Gasteiger partial charge is 0.480 e. The molecule has 2 N–H and O–H groups in total. The average molecular weight is 200 g/mol. The lowest BCUT2D eigenvalue weighted by Gasteiger charge is -2.34. The molecule has 0 atom stereocenters. The Morgan fingerprint density at radius 2 is 2.07 bits per heavy atom. The van der Waals surface area contributed by atoms with Crippen LogP contribution in [0.1, 0.15) is 19.8 Å². The molecule has 14 heavy (non-hydrogen) atoms. The van der Waals surface area contributed by atoms with Gasteiger partial charge in [-0.05, 0) is 18.8 Å². The van der Waals surface area contributed by atoms with Crippen molar-refractivity contribution in [2.24, 2.45) is 5.92 Å². The summed E-state index contributed by atoms with van der Waals surface area (Å²) >= 11 is 0. The number of likely N-dealkylation sites (N-methyl/N-ethyl adjacent to an activating group) is 1. The number of urea groups is 1. The number of carbonyl (C=O) groups excluding carboxylic acids is 1. The molecule has 0 unspecified atom stereocenters. The molecule has 5 nitrogen and oxygen atoms in total. The van der Waals surface area contributed by atoms with Crippen molar-refractivity contribution in [3.63, 3.8) is 0 Å². The van der Waals surface area contributed by atoms with Crippen LogP contribution in [0.3, 0.4) is 0 Å². The first kappa shape index (κ1) is 10.8. The van der Waals surface area contributed by atoms with Gasteiger partial charge in [-0.3, -0.25) is 4.79 Å². The summed E-state index contributed by atoms with van der Waals surface area (Å²) in [5.41, 5.74) is 0. The molecule has 0 heterocycles. The van der Waals surface area contributed by atoms with E-state index in [1.165, 1.54) is 11.9 Å². The number of nitrogens with one attached hydrogen (secondary N) is 1. The number of aliphatic carboxylic acids is 1. The van der Waals surface area contributed by atoms with E-state index in [0.29, 0.717) is 5.92 Å². The minimum atomic E-state index is -0.996. The summed E-state index contributed by atoms with van der Waals surface area (Å²) in [4.78, 5) is 22.8. The molecule has 0 aromatic rings. The Bertz CT molecular complexity index is 236. The number of amides is 2. The molecule has 0 aromatic carbocycles.